The highest BCUT2D eigenvalue weighted by molar-refractivity contribution is 14.0. The lowest BCUT2D eigenvalue weighted by atomic mass is 10.3. The van der Waals surface area contributed by atoms with E-state index in [2.05, 4.69) is 15.6 Å². The first-order valence-electron chi connectivity index (χ1n) is 6.82. The number of allylic oxidation sites excluding steroid dienone is 1. The lowest BCUT2D eigenvalue weighted by molar-refractivity contribution is -0.143. The standard InChI is InChI=1S/C13H23F3N4.HI/c1-3-4-5-7-18-12(17-2)19-11-6-8-20(9-11)10-13(14,15)16;/h3-4,11H,5-10H2,1-2H3,(H2,17,18,19);1H/b4-3+;. The maximum Gasteiger partial charge on any atom is 0.401 e. The van der Waals surface area contributed by atoms with Crippen molar-refractivity contribution in [3.05, 3.63) is 12.2 Å². The van der Waals surface area contributed by atoms with Crippen LogP contribution in [0.2, 0.25) is 0 Å². The molecule has 8 heteroatoms. The number of hydrogen-bond donors (Lipinski definition) is 2. The van der Waals surface area contributed by atoms with Crippen molar-refractivity contribution in [3.63, 3.8) is 0 Å². The Morgan fingerprint density at radius 3 is 2.71 bits per heavy atom. The third-order valence-electron chi connectivity index (χ3n) is 3.08. The zero-order chi connectivity index (χ0) is 15.0. The highest BCUT2D eigenvalue weighted by Gasteiger charge is 2.34. The summed E-state index contributed by atoms with van der Waals surface area (Å²) in [6, 6.07) is 0.0188. The first-order valence-corrected chi connectivity index (χ1v) is 6.82. The number of aliphatic imine (C=N–C) groups is 1. The van der Waals surface area contributed by atoms with Crippen molar-refractivity contribution in [1.29, 1.82) is 0 Å². The maximum absolute atomic E-state index is 12.3. The fourth-order valence-electron chi connectivity index (χ4n) is 2.18. The van der Waals surface area contributed by atoms with Gasteiger partial charge < -0.3 is 10.6 Å². The Kier molecular flexibility index (Phi) is 10.0. The van der Waals surface area contributed by atoms with Gasteiger partial charge in [-0.2, -0.15) is 13.2 Å². The Bertz CT molecular complexity index is 345. The summed E-state index contributed by atoms with van der Waals surface area (Å²) in [7, 11) is 1.66. The van der Waals surface area contributed by atoms with Gasteiger partial charge in [0.25, 0.3) is 0 Å². The van der Waals surface area contributed by atoms with Crippen LogP contribution in [0, 0.1) is 0 Å². The third kappa shape index (κ3) is 9.18. The van der Waals surface area contributed by atoms with Crippen molar-refractivity contribution in [1.82, 2.24) is 15.5 Å². The number of rotatable bonds is 5. The van der Waals surface area contributed by atoms with Crippen molar-refractivity contribution in [2.75, 3.05) is 33.2 Å². The summed E-state index contributed by atoms with van der Waals surface area (Å²) < 4.78 is 36.9. The molecule has 0 aromatic rings. The van der Waals surface area contributed by atoms with Crippen LogP contribution in [0.3, 0.4) is 0 Å². The van der Waals surface area contributed by atoms with Crippen molar-refractivity contribution in [2.24, 2.45) is 4.99 Å². The van der Waals surface area contributed by atoms with Gasteiger partial charge >= 0.3 is 6.18 Å². The summed E-state index contributed by atoms with van der Waals surface area (Å²) >= 11 is 0. The molecule has 1 heterocycles. The van der Waals surface area contributed by atoms with Gasteiger partial charge in [-0.3, -0.25) is 9.89 Å². The molecular weight excluding hydrogens is 396 g/mol. The number of nitrogens with one attached hydrogen (secondary N) is 2. The Morgan fingerprint density at radius 2 is 2.14 bits per heavy atom. The SMILES string of the molecule is C/C=C/CCNC(=NC)NC1CCN(CC(F)(F)F)C1.I. The molecule has 21 heavy (non-hydrogen) atoms. The molecule has 1 aliphatic rings. The van der Waals surface area contributed by atoms with E-state index in [9.17, 15) is 13.2 Å². The Morgan fingerprint density at radius 1 is 1.43 bits per heavy atom. The molecular formula is C13H24F3IN4. The highest BCUT2D eigenvalue weighted by atomic mass is 127. The fourth-order valence-corrected chi connectivity index (χ4v) is 2.18. The molecule has 1 fully saturated rings. The van der Waals surface area contributed by atoms with Crippen molar-refractivity contribution < 1.29 is 13.2 Å². The minimum atomic E-state index is -4.12. The van der Waals surface area contributed by atoms with E-state index in [1.807, 2.05) is 19.1 Å². The van der Waals surface area contributed by atoms with Gasteiger partial charge in [0.1, 0.15) is 0 Å². The number of nitrogens with zero attached hydrogens (tertiary/aromatic N) is 2. The van der Waals surface area contributed by atoms with Crippen LogP contribution in [0.5, 0.6) is 0 Å². The monoisotopic (exact) mass is 420 g/mol. The summed E-state index contributed by atoms with van der Waals surface area (Å²) in [5.74, 6) is 0.647. The largest absolute Gasteiger partial charge is 0.401 e. The molecule has 0 aromatic carbocycles. The van der Waals surface area contributed by atoms with Crippen LogP contribution in [0.1, 0.15) is 19.8 Å². The van der Waals surface area contributed by atoms with E-state index in [0.717, 1.165) is 13.0 Å². The van der Waals surface area contributed by atoms with Crippen LogP contribution in [0.25, 0.3) is 0 Å². The van der Waals surface area contributed by atoms with Crippen LogP contribution >= 0.6 is 24.0 Å². The first kappa shape index (κ1) is 20.5. The lowest BCUT2D eigenvalue weighted by Gasteiger charge is -2.19. The van der Waals surface area contributed by atoms with Gasteiger partial charge in [0.05, 0.1) is 6.54 Å². The summed E-state index contributed by atoms with van der Waals surface area (Å²) in [6.07, 6.45) is 1.49. The molecule has 0 bridgehead atoms. The van der Waals surface area contributed by atoms with Crippen LogP contribution in [0.4, 0.5) is 13.2 Å². The summed E-state index contributed by atoms with van der Waals surface area (Å²) in [6.45, 7) is 2.74. The quantitative estimate of drug-likeness (QED) is 0.236. The Balaban J connectivity index is 0.00000400. The van der Waals surface area contributed by atoms with Crippen LogP contribution < -0.4 is 10.6 Å². The van der Waals surface area contributed by atoms with E-state index >= 15 is 0 Å². The third-order valence-corrected chi connectivity index (χ3v) is 3.08. The number of halogens is 4. The molecule has 1 saturated heterocycles. The topological polar surface area (TPSA) is 39.7 Å². The van der Waals surface area contributed by atoms with Crippen LogP contribution in [-0.2, 0) is 0 Å². The molecule has 0 amide bonds. The lowest BCUT2D eigenvalue weighted by Crippen LogP contribution is -2.45. The van der Waals surface area contributed by atoms with Crippen molar-refractivity contribution >= 4 is 29.9 Å². The molecule has 1 atom stereocenters. The van der Waals surface area contributed by atoms with Crippen molar-refractivity contribution in [2.45, 2.75) is 32.0 Å². The Labute approximate surface area is 141 Å². The molecule has 0 spiro atoms. The minimum absolute atomic E-state index is 0. The normalized spacial score (nSPS) is 20.6. The molecule has 2 N–H and O–H groups in total. The first-order chi connectivity index (χ1) is 9.44. The van der Waals surface area contributed by atoms with E-state index in [-0.39, 0.29) is 30.0 Å². The average Bonchev–Trinajstić information content (AvgIpc) is 2.78. The second-order valence-corrected chi connectivity index (χ2v) is 4.84. The van der Waals surface area contributed by atoms with Gasteiger partial charge in [-0.15, -0.1) is 24.0 Å². The zero-order valence-electron chi connectivity index (χ0n) is 12.4. The summed E-state index contributed by atoms with van der Waals surface area (Å²) in [5, 5.41) is 6.31. The number of likely N-dealkylation sites (tertiary alicyclic amines) is 1. The van der Waals surface area contributed by atoms with Gasteiger partial charge in [-0.05, 0) is 19.8 Å². The fraction of sp³-hybridized carbons (Fsp3) is 0.769. The van der Waals surface area contributed by atoms with Gasteiger partial charge in [0.2, 0.25) is 0 Å². The van der Waals surface area contributed by atoms with E-state index in [1.165, 1.54) is 4.90 Å². The Hall–Kier alpha value is -0.510. The van der Waals surface area contributed by atoms with Gasteiger partial charge in [-0.1, -0.05) is 12.2 Å². The number of hydrogen-bond acceptors (Lipinski definition) is 2. The zero-order valence-corrected chi connectivity index (χ0v) is 14.7. The average molecular weight is 420 g/mol. The van der Waals surface area contributed by atoms with E-state index in [1.54, 1.807) is 7.05 Å². The summed E-state index contributed by atoms with van der Waals surface area (Å²) in [5.41, 5.74) is 0. The molecule has 0 aromatic heterocycles. The predicted octanol–water partition coefficient (Wildman–Crippen LogP) is 2.37. The van der Waals surface area contributed by atoms with Gasteiger partial charge in [-0.25, -0.2) is 0 Å². The van der Waals surface area contributed by atoms with Gasteiger partial charge in [0.15, 0.2) is 5.96 Å². The van der Waals surface area contributed by atoms with E-state index in [0.29, 0.717) is 25.5 Å². The van der Waals surface area contributed by atoms with Crippen LogP contribution in [-0.4, -0.2) is 56.3 Å². The molecule has 1 rings (SSSR count). The maximum atomic E-state index is 12.3. The number of alkyl halides is 3. The van der Waals surface area contributed by atoms with E-state index in [4.69, 9.17) is 0 Å². The molecule has 0 radical (unpaired) electrons. The second-order valence-electron chi connectivity index (χ2n) is 4.84. The minimum Gasteiger partial charge on any atom is -0.356 e. The van der Waals surface area contributed by atoms with Crippen molar-refractivity contribution in [3.8, 4) is 0 Å². The number of guanidine groups is 1. The molecule has 1 aliphatic heterocycles. The smallest absolute Gasteiger partial charge is 0.356 e. The van der Waals surface area contributed by atoms with Gasteiger partial charge in [0, 0.05) is 32.7 Å². The predicted molar refractivity (Wildman–Crippen MR) is 90.2 cm³/mol. The van der Waals surface area contributed by atoms with E-state index < -0.39 is 12.7 Å². The summed E-state index contributed by atoms with van der Waals surface area (Å²) in [4.78, 5) is 5.50. The highest BCUT2D eigenvalue weighted by Crippen LogP contribution is 2.19. The van der Waals surface area contributed by atoms with Crippen LogP contribution in [0.15, 0.2) is 17.1 Å². The molecule has 0 saturated carbocycles. The second kappa shape index (κ2) is 10.3. The molecule has 0 aliphatic carbocycles. The molecule has 124 valence electrons. The molecule has 1 unspecified atom stereocenters. The molecule has 4 nitrogen and oxygen atoms in total.